The standard InChI is InChI=1S/C24H34FNO2/c1-23(2,3)28-22(27)26-13-10-17(11-14-26)6-8-19-16-24(19)12-4-5-18-7-9-20(25)15-21(18)24/h7,9,15,17,19H,4-6,8,10-14,16H2,1-3H3. The van der Waals surface area contributed by atoms with E-state index in [-0.39, 0.29) is 17.3 Å². The minimum atomic E-state index is -0.427. The first-order chi connectivity index (χ1) is 13.3. The molecular formula is C24H34FNO2. The van der Waals surface area contributed by atoms with Crippen molar-refractivity contribution < 1.29 is 13.9 Å². The van der Waals surface area contributed by atoms with Crippen molar-refractivity contribution >= 4 is 6.09 Å². The van der Waals surface area contributed by atoms with E-state index in [1.54, 1.807) is 6.07 Å². The predicted octanol–water partition coefficient (Wildman–Crippen LogP) is 5.85. The minimum Gasteiger partial charge on any atom is -0.444 e. The van der Waals surface area contributed by atoms with Crippen molar-refractivity contribution in [1.82, 2.24) is 4.90 Å². The molecule has 3 aliphatic rings. The molecule has 0 bridgehead atoms. The summed E-state index contributed by atoms with van der Waals surface area (Å²) in [6.45, 7) is 7.36. The quantitative estimate of drug-likeness (QED) is 0.651. The second-order valence-corrected chi connectivity index (χ2v) is 10.2. The second-order valence-electron chi connectivity index (χ2n) is 10.2. The molecule has 1 saturated carbocycles. The molecule has 1 spiro atoms. The maximum absolute atomic E-state index is 13.8. The number of fused-ring (bicyclic) bond motifs is 2. The first-order valence-corrected chi connectivity index (χ1v) is 11.0. The van der Waals surface area contributed by atoms with Gasteiger partial charge in [-0.1, -0.05) is 12.5 Å². The Morgan fingerprint density at radius 1 is 1.25 bits per heavy atom. The number of hydrogen-bond donors (Lipinski definition) is 0. The third-order valence-electron chi connectivity index (χ3n) is 7.10. The number of halogens is 1. The van der Waals surface area contributed by atoms with Gasteiger partial charge in [-0.2, -0.15) is 0 Å². The van der Waals surface area contributed by atoms with Crippen LogP contribution in [-0.2, 0) is 16.6 Å². The van der Waals surface area contributed by atoms with Crippen molar-refractivity contribution in [3.63, 3.8) is 0 Å². The molecular weight excluding hydrogens is 353 g/mol. The number of ether oxygens (including phenoxy) is 1. The number of benzene rings is 1. The van der Waals surface area contributed by atoms with Crippen molar-refractivity contribution in [3.05, 3.63) is 35.1 Å². The molecule has 1 heterocycles. The highest BCUT2D eigenvalue weighted by molar-refractivity contribution is 5.68. The van der Waals surface area contributed by atoms with E-state index in [1.807, 2.05) is 37.8 Å². The molecule has 1 saturated heterocycles. The van der Waals surface area contributed by atoms with Crippen LogP contribution < -0.4 is 0 Å². The SMILES string of the molecule is CC(C)(C)OC(=O)N1CCC(CCC2CC23CCCc2ccc(F)cc23)CC1. The average molecular weight is 388 g/mol. The summed E-state index contributed by atoms with van der Waals surface area (Å²) < 4.78 is 19.3. The van der Waals surface area contributed by atoms with Gasteiger partial charge < -0.3 is 9.64 Å². The number of nitrogens with zero attached hydrogens (tertiary/aromatic N) is 1. The first kappa shape index (κ1) is 19.7. The molecule has 1 amide bonds. The van der Waals surface area contributed by atoms with E-state index in [0.29, 0.717) is 5.92 Å². The Kier molecular flexibility index (Phi) is 5.18. The highest BCUT2D eigenvalue weighted by atomic mass is 19.1. The van der Waals surface area contributed by atoms with Crippen molar-refractivity contribution in [3.8, 4) is 0 Å². The maximum atomic E-state index is 13.8. The Morgan fingerprint density at radius 2 is 2.00 bits per heavy atom. The van der Waals surface area contributed by atoms with Crippen LogP contribution in [0.2, 0.25) is 0 Å². The number of aryl methyl sites for hydroxylation is 1. The highest BCUT2D eigenvalue weighted by Crippen LogP contribution is 2.62. The first-order valence-electron chi connectivity index (χ1n) is 11.0. The van der Waals surface area contributed by atoms with Gasteiger partial charge in [0, 0.05) is 13.1 Å². The van der Waals surface area contributed by atoms with Crippen molar-refractivity contribution in [2.75, 3.05) is 13.1 Å². The number of carbonyl (C=O) groups excluding carboxylic acids is 1. The summed E-state index contributed by atoms with van der Waals surface area (Å²) in [7, 11) is 0. The van der Waals surface area contributed by atoms with Gasteiger partial charge in [-0.3, -0.25) is 0 Å². The molecule has 0 aromatic heterocycles. The lowest BCUT2D eigenvalue weighted by atomic mass is 9.77. The zero-order valence-corrected chi connectivity index (χ0v) is 17.6. The van der Waals surface area contributed by atoms with Gasteiger partial charge in [-0.25, -0.2) is 9.18 Å². The highest BCUT2D eigenvalue weighted by Gasteiger charge is 2.55. The Morgan fingerprint density at radius 3 is 2.71 bits per heavy atom. The Hall–Kier alpha value is -1.58. The molecule has 0 N–H and O–H groups in total. The van der Waals surface area contributed by atoms with Crippen LogP contribution in [0.15, 0.2) is 18.2 Å². The van der Waals surface area contributed by atoms with Crippen LogP contribution in [0.1, 0.15) is 76.8 Å². The van der Waals surface area contributed by atoms with E-state index in [4.69, 9.17) is 4.74 Å². The summed E-state index contributed by atoms with van der Waals surface area (Å²) in [5.41, 5.74) is 2.53. The normalized spacial score (nSPS) is 27.6. The molecule has 1 aliphatic heterocycles. The number of piperidine rings is 1. The third-order valence-corrected chi connectivity index (χ3v) is 7.10. The van der Waals surface area contributed by atoms with Crippen LogP contribution in [-0.4, -0.2) is 29.7 Å². The van der Waals surface area contributed by atoms with Crippen molar-refractivity contribution in [2.45, 2.75) is 83.2 Å². The van der Waals surface area contributed by atoms with Gasteiger partial charge in [0.15, 0.2) is 0 Å². The molecule has 2 aliphatic carbocycles. The lowest BCUT2D eigenvalue weighted by Crippen LogP contribution is -2.41. The van der Waals surface area contributed by atoms with Crippen LogP contribution in [0.3, 0.4) is 0 Å². The van der Waals surface area contributed by atoms with E-state index in [9.17, 15) is 9.18 Å². The molecule has 154 valence electrons. The van der Waals surface area contributed by atoms with Crippen molar-refractivity contribution in [2.24, 2.45) is 11.8 Å². The zero-order valence-electron chi connectivity index (χ0n) is 17.6. The molecule has 4 heteroatoms. The van der Waals surface area contributed by atoms with Gasteiger partial charge in [0.25, 0.3) is 0 Å². The number of rotatable bonds is 3. The van der Waals surface area contributed by atoms with Gasteiger partial charge in [-0.05, 0) is 106 Å². The maximum Gasteiger partial charge on any atom is 0.410 e. The predicted molar refractivity (Wildman–Crippen MR) is 109 cm³/mol. The topological polar surface area (TPSA) is 29.5 Å². The molecule has 0 radical (unpaired) electrons. The van der Waals surface area contributed by atoms with Gasteiger partial charge in [-0.15, -0.1) is 0 Å². The number of carbonyl (C=O) groups is 1. The van der Waals surface area contributed by atoms with Gasteiger partial charge in [0.05, 0.1) is 0 Å². The Bertz CT molecular complexity index is 733. The van der Waals surface area contributed by atoms with E-state index in [0.717, 1.165) is 38.3 Å². The molecule has 2 fully saturated rings. The van der Waals surface area contributed by atoms with Gasteiger partial charge in [0.1, 0.15) is 11.4 Å². The summed E-state index contributed by atoms with van der Waals surface area (Å²) in [4.78, 5) is 14.1. The number of likely N-dealkylation sites (tertiary alicyclic amines) is 1. The smallest absolute Gasteiger partial charge is 0.410 e. The van der Waals surface area contributed by atoms with Crippen LogP contribution >= 0.6 is 0 Å². The summed E-state index contributed by atoms with van der Waals surface area (Å²) in [6, 6.07) is 5.44. The van der Waals surface area contributed by atoms with E-state index in [2.05, 4.69) is 0 Å². The molecule has 28 heavy (non-hydrogen) atoms. The molecule has 3 nitrogen and oxygen atoms in total. The summed E-state index contributed by atoms with van der Waals surface area (Å²) >= 11 is 0. The van der Waals surface area contributed by atoms with Gasteiger partial charge >= 0.3 is 6.09 Å². The average Bonchev–Trinajstić information content (AvgIpc) is 3.33. The Labute approximate surface area is 168 Å². The van der Waals surface area contributed by atoms with Crippen LogP contribution in [0.4, 0.5) is 9.18 Å². The zero-order chi connectivity index (χ0) is 19.9. The molecule has 1 aromatic rings. The second kappa shape index (κ2) is 7.35. The van der Waals surface area contributed by atoms with E-state index >= 15 is 0 Å². The third kappa shape index (κ3) is 4.06. The minimum absolute atomic E-state index is 0.0832. The molecule has 2 atom stereocenters. The lowest BCUT2D eigenvalue weighted by molar-refractivity contribution is 0.0180. The van der Waals surface area contributed by atoms with Crippen LogP contribution in [0.25, 0.3) is 0 Å². The molecule has 2 unspecified atom stereocenters. The molecule has 4 rings (SSSR count). The van der Waals surface area contributed by atoms with Crippen LogP contribution in [0, 0.1) is 17.7 Å². The summed E-state index contributed by atoms with van der Waals surface area (Å²) in [5, 5.41) is 0. The monoisotopic (exact) mass is 387 g/mol. The number of amides is 1. The van der Waals surface area contributed by atoms with Crippen LogP contribution in [0.5, 0.6) is 0 Å². The fourth-order valence-electron chi connectivity index (χ4n) is 5.52. The molecule has 1 aromatic carbocycles. The summed E-state index contributed by atoms with van der Waals surface area (Å²) in [5.74, 6) is 1.34. The van der Waals surface area contributed by atoms with E-state index in [1.165, 1.54) is 43.2 Å². The van der Waals surface area contributed by atoms with Gasteiger partial charge in [0.2, 0.25) is 0 Å². The van der Waals surface area contributed by atoms with E-state index < -0.39 is 5.60 Å². The fraction of sp³-hybridized carbons (Fsp3) is 0.708. The number of hydrogen-bond acceptors (Lipinski definition) is 2. The summed E-state index contributed by atoms with van der Waals surface area (Å²) in [6.07, 6.45) is 9.26. The fourth-order valence-corrected chi connectivity index (χ4v) is 5.52. The largest absolute Gasteiger partial charge is 0.444 e. The lowest BCUT2D eigenvalue weighted by Gasteiger charge is -2.33. The Balaban J connectivity index is 1.27. The van der Waals surface area contributed by atoms with Crippen molar-refractivity contribution in [1.29, 1.82) is 0 Å².